The summed E-state index contributed by atoms with van der Waals surface area (Å²) in [6.07, 6.45) is 3.57. The molecule has 2 N–H and O–H groups in total. The summed E-state index contributed by atoms with van der Waals surface area (Å²) >= 11 is 5.23. The number of carbonyl (C=O) groups excluding carboxylic acids is 1. The number of rotatable bonds is 8. The highest BCUT2D eigenvalue weighted by Gasteiger charge is 2.28. The molecule has 1 aliphatic rings. The summed E-state index contributed by atoms with van der Waals surface area (Å²) in [6, 6.07) is 1.75. The quantitative estimate of drug-likeness (QED) is 0.641. The lowest BCUT2D eigenvalue weighted by Gasteiger charge is -2.17. The van der Waals surface area contributed by atoms with Crippen molar-refractivity contribution in [2.45, 2.75) is 44.2 Å². The van der Waals surface area contributed by atoms with Gasteiger partial charge in [-0.15, -0.1) is 0 Å². The van der Waals surface area contributed by atoms with Gasteiger partial charge in [-0.1, -0.05) is 13.8 Å². The van der Waals surface area contributed by atoms with Gasteiger partial charge in [0, 0.05) is 32.4 Å². The molecule has 1 saturated carbocycles. The van der Waals surface area contributed by atoms with Gasteiger partial charge in [0.1, 0.15) is 10.6 Å². The minimum atomic E-state index is -3.61. The SMILES string of the molecule is CCN(CC)S(=O)(=O)c1cc(C(=O)NCc2n[nH]c(=S)n2C2CC2)n(C)c1. The van der Waals surface area contributed by atoms with Crippen LogP contribution in [0.25, 0.3) is 0 Å². The molecule has 1 fully saturated rings. The highest BCUT2D eigenvalue weighted by molar-refractivity contribution is 7.89. The molecule has 0 spiro atoms. The Labute approximate surface area is 163 Å². The maximum absolute atomic E-state index is 12.6. The Kier molecular flexibility index (Phi) is 5.54. The van der Waals surface area contributed by atoms with Crippen LogP contribution >= 0.6 is 12.2 Å². The van der Waals surface area contributed by atoms with Gasteiger partial charge in [0.2, 0.25) is 10.0 Å². The molecule has 0 bridgehead atoms. The van der Waals surface area contributed by atoms with Gasteiger partial charge < -0.3 is 9.88 Å². The van der Waals surface area contributed by atoms with Gasteiger partial charge in [0.15, 0.2) is 10.6 Å². The third-order valence-corrected chi connectivity index (χ3v) is 6.96. The molecule has 0 aliphatic heterocycles. The molecule has 3 rings (SSSR count). The lowest BCUT2D eigenvalue weighted by Crippen LogP contribution is -2.30. The fourth-order valence-corrected chi connectivity index (χ4v) is 4.86. The summed E-state index contributed by atoms with van der Waals surface area (Å²) in [5.41, 5.74) is 0.271. The highest BCUT2D eigenvalue weighted by Crippen LogP contribution is 2.35. The fraction of sp³-hybridized carbons (Fsp3) is 0.562. The molecule has 0 aromatic carbocycles. The molecule has 0 saturated heterocycles. The number of aromatic nitrogens is 4. The first-order valence-corrected chi connectivity index (χ1v) is 10.7. The van der Waals surface area contributed by atoms with E-state index in [0.29, 0.717) is 29.7 Å². The van der Waals surface area contributed by atoms with E-state index in [9.17, 15) is 13.2 Å². The molecule has 0 atom stereocenters. The van der Waals surface area contributed by atoms with Crippen LogP contribution < -0.4 is 5.32 Å². The van der Waals surface area contributed by atoms with E-state index in [4.69, 9.17) is 12.2 Å². The van der Waals surface area contributed by atoms with E-state index in [0.717, 1.165) is 12.8 Å². The Morgan fingerprint density at radius 3 is 2.67 bits per heavy atom. The van der Waals surface area contributed by atoms with E-state index < -0.39 is 10.0 Å². The zero-order valence-corrected chi connectivity index (χ0v) is 17.2. The van der Waals surface area contributed by atoms with E-state index in [-0.39, 0.29) is 23.0 Å². The third kappa shape index (κ3) is 3.85. The average molecular weight is 413 g/mol. The summed E-state index contributed by atoms with van der Waals surface area (Å²) in [4.78, 5) is 12.7. The number of amides is 1. The predicted molar refractivity (Wildman–Crippen MR) is 102 cm³/mol. The van der Waals surface area contributed by atoms with Gasteiger partial charge in [-0.25, -0.2) is 8.42 Å². The van der Waals surface area contributed by atoms with Crippen molar-refractivity contribution in [2.24, 2.45) is 7.05 Å². The minimum Gasteiger partial charge on any atom is -0.345 e. The third-order valence-electron chi connectivity index (χ3n) is 4.65. The maximum atomic E-state index is 12.6. The first-order valence-electron chi connectivity index (χ1n) is 8.90. The molecule has 2 heterocycles. The molecular weight excluding hydrogens is 388 g/mol. The number of hydrogen-bond donors (Lipinski definition) is 2. The standard InChI is InChI=1S/C16H24N6O3S2/c1-4-21(5-2)27(24,25)12-8-13(20(3)10-12)15(23)17-9-14-18-19-16(26)22(14)11-6-7-11/h8,10-11H,4-7,9H2,1-3H3,(H,17,23)(H,19,26). The largest absolute Gasteiger partial charge is 0.345 e. The van der Waals surface area contributed by atoms with Crippen LogP contribution in [0.15, 0.2) is 17.2 Å². The summed E-state index contributed by atoms with van der Waals surface area (Å²) in [7, 11) is -1.96. The number of aryl methyl sites for hydroxylation is 1. The zero-order valence-electron chi connectivity index (χ0n) is 15.6. The lowest BCUT2D eigenvalue weighted by atomic mass is 10.4. The van der Waals surface area contributed by atoms with E-state index >= 15 is 0 Å². The van der Waals surface area contributed by atoms with Crippen molar-refractivity contribution in [3.63, 3.8) is 0 Å². The monoisotopic (exact) mass is 412 g/mol. The van der Waals surface area contributed by atoms with Gasteiger partial charge in [-0.3, -0.25) is 14.5 Å². The predicted octanol–water partition coefficient (Wildman–Crippen LogP) is 1.57. The molecule has 1 amide bonds. The van der Waals surface area contributed by atoms with E-state index in [1.807, 2.05) is 4.57 Å². The van der Waals surface area contributed by atoms with Crippen LogP contribution in [0.1, 0.15) is 49.0 Å². The van der Waals surface area contributed by atoms with Crippen molar-refractivity contribution in [1.82, 2.24) is 29.0 Å². The van der Waals surface area contributed by atoms with Crippen molar-refractivity contribution in [3.05, 3.63) is 28.6 Å². The van der Waals surface area contributed by atoms with Gasteiger partial charge in [-0.2, -0.15) is 9.40 Å². The second-order valence-electron chi connectivity index (χ2n) is 6.49. The molecular formula is C16H24N6O3S2. The molecule has 2 aromatic heterocycles. The summed E-state index contributed by atoms with van der Waals surface area (Å²) < 4.78 is 30.6. The summed E-state index contributed by atoms with van der Waals surface area (Å²) in [5, 5.41) is 9.73. The molecule has 1 aliphatic carbocycles. The second-order valence-corrected chi connectivity index (χ2v) is 8.81. The molecule has 11 heteroatoms. The van der Waals surface area contributed by atoms with Crippen molar-refractivity contribution in [1.29, 1.82) is 0 Å². The highest BCUT2D eigenvalue weighted by atomic mass is 32.2. The summed E-state index contributed by atoms with van der Waals surface area (Å²) in [5.74, 6) is 0.302. The second kappa shape index (κ2) is 7.56. The molecule has 0 unspecified atom stereocenters. The first-order chi connectivity index (χ1) is 12.8. The number of carbonyl (C=O) groups is 1. The van der Waals surface area contributed by atoms with Crippen LogP contribution in [0, 0.1) is 4.77 Å². The van der Waals surface area contributed by atoms with Gasteiger partial charge >= 0.3 is 0 Å². The number of aromatic amines is 1. The van der Waals surface area contributed by atoms with Crippen LogP contribution in [-0.4, -0.2) is 51.1 Å². The lowest BCUT2D eigenvalue weighted by molar-refractivity contribution is 0.0941. The number of nitrogens with zero attached hydrogens (tertiary/aromatic N) is 4. The van der Waals surface area contributed by atoms with Gasteiger partial charge in [-0.05, 0) is 31.1 Å². The van der Waals surface area contributed by atoms with E-state index in [1.54, 1.807) is 20.9 Å². The Hall–Kier alpha value is -1.98. The first kappa shape index (κ1) is 19.8. The Morgan fingerprint density at radius 1 is 1.41 bits per heavy atom. The molecule has 2 aromatic rings. The number of H-pyrrole nitrogens is 1. The van der Waals surface area contributed by atoms with E-state index in [2.05, 4.69) is 15.5 Å². The van der Waals surface area contributed by atoms with Crippen LogP contribution in [-0.2, 0) is 23.6 Å². The van der Waals surface area contributed by atoms with Crippen molar-refractivity contribution < 1.29 is 13.2 Å². The smallest absolute Gasteiger partial charge is 0.268 e. The topological polar surface area (TPSA) is 105 Å². The van der Waals surface area contributed by atoms with E-state index in [1.165, 1.54) is 21.1 Å². The normalized spacial score (nSPS) is 14.7. The zero-order chi connectivity index (χ0) is 19.8. The summed E-state index contributed by atoms with van der Waals surface area (Å²) in [6.45, 7) is 4.53. The van der Waals surface area contributed by atoms with Gasteiger partial charge in [0.25, 0.3) is 5.91 Å². The van der Waals surface area contributed by atoms with Crippen LogP contribution in [0.2, 0.25) is 0 Å². The number of hydrogen-bond acceptors (Lipinski definition) is 5. The molecule has 27 heavy (non-hydrogen) atoms. The van der Waals surface area contributed by atoms with Gasteiger partial charge in [0.05, 0.1) is 6.54 Å². The van der Waals surface area contributed by atoms with Crippen molar-refractivity contribution in [2.75, 3.05) is 13.1 Å². The van der Waals surface area contributed by atoms with Crippen LogP contribution in [0.3, 0.4) is 0 Å². The molecule has 148 valence electrons. The molecule has 9 nitrogen and oxygen atoms in total. The maximum Gasteiger partial charge on any atom is 0.268 e. The van der Waals surface area contributed by atoms with Crippen molar-refractivity contribution >= 4 is 28.1 Å². The van der Waals surface area contributed by atoms with Crippen LogP contribution in [0.4, 0.5) is 0 Å². The number of sulfonamides is 1. The average Bonchev–Trinajstić information content (AvgIpc) is 3.27. The number of nitrogens with one attached hydrogen (secondary N) is 2. The molecule has 0 radical (unpaired) electrons. The minimum absolute atomic E-state index is 0.111. The Balaban J connectivity index is 1.76. The fourth-order valence-electron chi connectivity index (χ4n) is 3.03. The Morgan fingerprint density at radius 2 is 2.07 bits per heavy atom. The Bertz CT molecular complexity index is 996. The van der Waals surface area contributed by atoms with Crippen LogP contribution in [0.5, 0.6) is 0 Å². The van der Waals surface area contributed by atoms with Crippen molar-refractivity contribution in [3.8, 4) is 0 Å².